The first kappa shape index (κ1) is 13.5. The fourth-order valence-corrected chi connectivity index (χ4v) is 2.10. The SMILES string of the molecule is CC(C)NCCCc1nnc(CC2CCCO2)o1. The van der Waals surface area contributed by atoms with Gasteiger partial charge in [0.25, 0.3) is 0 Å². The zero-order valence-electron chi connectivity index (χ0n) is 11.3. The van der Waals surface area contributed by atoms with E-state index in [9.17, 15) is 0 Å². The van der Waals surface area contributed by atoms with Crippen molar-refractivity contribution in [2.24, 2.45) is 0 Å². The minimum Gasteiger partial charge on any atom is -0.425 e. The Bertz CT molecular complexity index is 346. The Morgan fingerprint density at radius 1 is 1.33 bits per heavy atom. The van der Waals surface area contributed by atoms with Crippen LogP contribution in [0.4, 0.5) is 0 Å². The fraction of sp³-hybridized carbons (Fsp3) is 0.846. The summed E-state index contributed by atoms with van der Waals surface area (Å²) in [7, 11) is 0. The highest BCUT2D eigenvalue weighted by Crippen LogP contribution is 2.16. The minimum absolute atomic E-state index is 0.279. The molecule has 0 bridgehead atoms. The van der Waals surface area contributed by atoms with Crippen molar-refractivity contribution in [3.63, 3.8) is 0 Å². The Morgan fingerprint density at radius 2 is 2.17 bits per heavy atom. The number of hydrogen-bond donors (Lipinski definition) is 1. The van der Waals surface area contributed by atoms with Crippen LogP contribution in [0.25, 0.3) is 0 Å². The molecule has 18 heavy (non-hydrogen) atoms. The van der Waals surface area contributed by atoms with Gasteiger partial charge >= 0.3 is 0 Å². The third kappa shape index (κ3) is 4.38. The summed E-state index contributed by atoms with van der Waals surface area (Å²) >= 11 is 0. The van der Waals surface area contributed by atoms with E-state index in [1.165, 1.54) is 0 Å². The summed E-state index contributed by atoms with van der Waals surface area (Å²) < 4.78 is 11.2. The molecule has 0 radical (unpaired) electrons. The summed E-state index contributed by atoms with van der Waals surface area (Å²) in [6, 6.07) is 0.530. The fourth-order valence-electron chi connectivity index (χ4n) is 2.10. The van der Waals surface area contributed by atoms with Crippen molar-refractivity contribution in [3.05, 3.63) is 11.8 Å². The third-order valence-corrected chi connectivity index (χ3v) is 3.05. The van der Waals surface area contributed by atoms with Crippen molar-refractivity contribution in [2.45, 2.75) is 58.1 Å². The van der Waals surface area contributed by atoms with Gasteiger partial charge in [-0.15, -0.1) is 10.2 Å². The monoisotopic (exact) mass is 253 g/mol. The molecule has 1 aliphatic heterocycles. The molecule has 2 heterocycles. The Labute approximate surface area is 108 Å². The van der Waals surface area contributed by atoms with Crippen molar-refractivity contribution < 1.29 is 9.15 Å². The van der Waals surface area contributed by atoms with Gasteiger partial charge in [0.2, 0.25) is 11.8 Å². The smallest absolute Gasteiger partial charge is 0.219 e. The van der Waals surface area contributed by atoms with Gasteiger partial charge in [0.05, 0.1) is 12.5 Å². The first-order valence-corrected chi connectivity index (χ1v) is 6.90. The summed E-state index contributed by atoms with van der Waals surface area (Å²) in [5.74, 6) is 1.46. The molecule has 1 N–H and O–H groups in total. The molecule has 1 atom stereocenters. The molecule has 1 aromatic rings. The molecule has 5 nitrogen and oxygen atoms in total. The molecule has 2 rings (SSSR count). The number of hydrogen-bond acceptors (Lipinski definition) is 5. The number of ether oxygens (including phenoxy) is 1. The van der Waals surface area contributed by atoms with Crippen molar-refractivity contribution in [2.75, 3.05) is 13.2 Å². The minimum atomic E-state index is 0.279. The third-order valence-electron chi connectivity index (χ3n) is 3.05. The van der Waals surface area contributed by atoms with Crippen LogP contribution >= 0.6 is 0 Å². The Morgan fingerprint density at radius 3 is 2.89 bits per heavy atom. The van der Waals surface area contributed by atoms with Gasteiger partial charge in [0.1, 0.15) is 0 Å². The number of nitrogens with one attached hydrogen (secondary N) is 1. The first-order chi connectivity index (χ1) is 8.74. The zero-order chi connectivity index (χ0) is 12.8. The predicted octanol–water partition coefficient (Wildman–Crippen LogP) is 1.72. The molecule has 1 unspecified atom stereocenters. The van der Waals surface area contributed by atoms with Crippen LogP contribution in [0.15, 0.2) is 4.42 Å². The van der Waals surface area contributed by atoms with Gasteiger partial charge in [-0.1, -0.05) is 13.8 Å². The van der Waals surface area contributed by atoms with Crippen LogP contribution in [0.3, 0.4) is 0 Å². The van der Waals surface area contributed by atoms with Crippen molar-refractivity contribution in [1.82, 2.24) is 15.5 Å². The molecular weight excluding hydrogens is 230 g/mol. The summed E-state index contributed by atoms with van der Waals surface area (Å²) in [4.78, 5) is 0. The molecule has 1 saturated heterocycles. The molecule has 102 valence electrons. The molecule has 1 fully saturated rings. The lowest BCUT2D eigenvalue weighted by atomic mass is 10.2. The largest absolute Gasteiger partial charge is 0.425 e. The molecule has 1 aliphatic rings. The summed E-state index contributed by atoms with van der Waals surface area (Å²) in [5, 5.41) is 11.5. The Balaban J connectivity index is 1.68. The van der Waals surface area contributed by atoms with Gasteiger partial charge in [0, 0.05) is 19.1 Å². The molecule has 5 heteroatoms. The van der Waals surface area contributed by atoms with E-state index in [1.54, 1.807) is 0 Å². The van der Waals surface area contributed by atoms with Crippen LogP contribution in [0.2, 0.25) is 0 Å². The van der Waals surface area contributed by atoms with E-state index in [2.05, 4.69) is 29.4 Å². The molecule has 0 amide bonds. The summed E-state index contributed by atoms with van der Waals surface area (Å²) in [6.07, 6.45) is 5.17. The Hall–Kier alpha value is -0.940. The van der Waals surface area contributed by atoms with E-state index in [0.717, 1.165) is 51.1 Å². The van der Waals surface area contributed by atoms with E-state index in [4.69, 9.17) is 9.15 Å². The maximum Gasteiger partial charge on any atom is 0.219 e. The average Bonchev–Trinajstić information content (AvgIpc) is 2.97. The van der Waals surface area contributed by atoms with E-state index < -0.39 is 0 Å². The van der Waals surface area contributed by atoms with Crippen LogP contribution in [-0.2, 0) is 17.6 Å². The number of aromatic nitrogens is 2. The molecule has 1 aromatic heterocycles. The van der Waals surface area contributed by atoms with E-state index in [1.807, 2.05) is 0 Å². The van der Waals surface area contributed by atoms with Crippen molar-refractivity contribution in [1.29, 1.82) is 0 Å². The van der Waals surface area contributed by atoms with Gasteiger partial charge in [-0.3, -0.25) is 0 Å². The second-order valence-electron chi connectivity index (χ2n) is 5.14. The number of nitrogens with zero attached hydrogens (tertiary/aromatic N) is 2. The van der Waals surface area contributed by atoms with Crippen LogP contribution < -0.4 is 5.32 Å². The van der Waals surface area contributed by atoms with Crippen LogP contribution in [0.5, 0.6) is 0 Å². The summed E-state index contributed by atoms with van der Waals surface area (Å²) in [6.45, 7) is 6.15. The zero-order valence-corrected chi connectivity index (χ0v) is 11.3. The lowest BCUT2D eigenvalue weighted by molar-refractivity contribution is 0.105. The molecule has 0 aliphatic carbocycles. The molecule has 0 saturated carbocycles. The lowest BCUT2D eigenvalue weighted by Gasteiger charge is -2.06. The highest BCUT2D eigenvalue weighted by atomic mass is 16.5. The molecule has 0 spiro atoms. The normalized spacial score (nSPS) is 19.8. The van der Waals surface area contributed by atoms with Crippen LogP contribution in [0.1, 0.15) is 44.9 Å². The van der Waals surface area contributed by atoms with Crippen molar-refractivity contribution >= 4 is 0 Å². The predicted molar refractivity (Wildman–Crippen MR) is 68.4 cm³/mol. The molecule has 0 aromatic carbocycles. The van der Waals surface area contributed by atoms with E-state index in [-0.39, 0.29) is 6.10 Å². The molecular formula is C13H23N3O2. The number of rotatable bonds is 7. The standard InChI is InChI=1S/C13H23N3O2/c1-10(2)14-7-3-6-12-15-16-13(18-12)9-11-5-4-8-17-11/h10-11,14H,3-9H2,1-2H3. The highest BCUT2D eigenvalue weighted by Gasteiger charge is 2.19. The van der Waals surface area contributed by atoms with Crippen molar-refractivity contribution in [3.8, 4) is 0 Å². The maximum atomic E-state index is 5.62. The second-order valence-corrected chi connectivity index (χ2v) is 5.14. The second kappa shape index (κ2) is 6.85. The quantitative estimate of drug-likeness (QED) is 0.750. The van der Waals surface area contributed by atoms with E-state index >= 15 is 0 Å². The van der Waals surface area contributed by atoms with Gasteiger partial charge in [-0.2, -0.15) is 0 Å². The van der Waals surface area contributed by atoms with Gasteiger partial charge < -0.3 is 14.5 Å². The topological polar surface area (TPSA) is 60.2 Å². The van der Waals surface area contributed by atoms with Crippen LogP contribution in [-0.4, -0.2) is 35.5 Å². The van der Waals surface area contributed by atoms with Gasteiger partial charge in [-0.25, -0.2) is 0 Å². The highest BCUT2D eigenvalue weighted by molar-refractivity contribution is 4.86. The number of aryl methyl sites for hydroxylation is 1. The average molecular weight is 253 g/mol. The van der Waals surface area contributed by atoms with Gasteiger partial charge in [-0.05, 0) is 25.8 Å². The lowest BCUT2D eigenvalue weighted by Crippen LogP contribution is -2.23. The van der Waals surface area contributed by atoms with Gasteiger partial charge in [0.15, 0.2) is 0 Å². The Kier molecular flexibility index (Phi) is 5.13. The summed E-state index contributed by atoms with van der Waals surface area (Å²) in [5.41, 5.74) is 0. The maximum absolute atomic E-state index is 5.62. The van der Waals surface area contributed by atoms with E-state index in [0.29, 0.717) is 11.9 Å². The van der Waals surface area contributed by atoms with Crippen LogP contribution in [0, 0.1) is 0 Å². The first-order valence-electron chi connectivity index (χ1n) is 6.90.